The Labute approximate surface area is 111 Å². The van der Waals surface area contributed by atoms with Gasteiger partial charge in [0.25, 0.3) is 5.69 Å². The molecule has 0 atom stereocenters. The molecule has 0 aliphatic carbocycles. The monoisotopic (exact) mass is 273 g/mol. The van der Waals surface area contributed by atoms with Crippen LogP contribution in [0.4, 0.5) is 5.69 Å². The van der Waals surface area contributed by atoms with Gasteiger partial charge in [0.15, 0.2) is 0 Å². The van der Waals surface area contributed by atoms with Crippen molar-refractivity contribution in [1.82, 2.24) is 5.32 Å². The highest BCUT2D eigenvalue weighted by molar-refractivity contribution is 5.85. The summed E-state index contributed by atoms with van der Waals surface area (Å²) in [4.78, 5) is 21.5. The summed E-state index contributed by atoms with van der Waals surface area (Å²) < 4.78 is 0. The van der Waals surface area contributed by atoms with Crippen molar-refractivity contribution in [3.8, 4) is 0 Å². The van der Waals surface area contributed by atoms with Crippen LogP contribution in [-0.4, -0.2) is 17.4 Å². The highest BCUT2D eigenvalue weighted by Crippen LogP contribution is 2.20. The Bertz CT molecular complexity index is 438. The van der Waals surface area contributed by atoms with E-state index >= 15 is 0 Å². The SMILES string of the molecule is Cc1c(CNC(=O)CCN)cccc1[N+](=O)[O-].Cl. The van der Waals surface area contributed by atoms with Crippen LogP contribution in [-0.2, 0) is 11.3 Å². The van der Waals surface area contributed by atoms with Gasteiger partial charge in [-0.1, -0.05) is 12.1 Å². The van der Waals surface area contributed by atoms with Gasteiger partial charge in [-0.3, -0.25) is 14.9 Å². The zero-order valence-corrected chi connectivity index (χ0v) is 10.8. The van der Waals surface area contributed by atoms with Crippen LogP contribution in [0.2, 0.25) is 0 Å². The van der Waals surface area contributed by atoms with E-state index < -0.39 is 4.92 Å². The molecule has 0 bridgehead atoms. The maximum absolute atomic E-state index is 11.2. The number of carbonyl (C=O) groups excluding carboxylic acids is 1. The molecular weight excluding hydrogens is 258 g/mol. The number of amides is 1. The molecule has 0 aliphatic rings. The summed E-state index contributed by atoms with van der Waals surface area (Å²) in [6, 6.07) is 4.81. The molecule has 18 heavy (non-hydrogen) atoms. The quantitative estimate of drug-likeness (QED) is 0.624. The summed E-state index contributed by atoms with van der Waals surface area (Å²) in [7, 11) is 0. The van der Waals surface area contributed by atoms with Crippen LogP contribution in [0, 0.1) is 17.0 Å². The Morgan fingerprint density at radius 1 is 1.50 bits per heavy atom. The van der Waals surface area contributed by atoms with Gasteiger partial charge in [0.05, 0.1) is 4.92 Å². The molecule has 0 unspecified atom stereocenters. The number of halogens is 1. The summed E-state index contributed by atoms with van der Waals surface area (Å²) >= 11 is 0. The molecule has 0 heterocycles. The number of nitrogens with one attached hydrogen (secondary N) is 1. The van der Waals surface area contributed by atoms with Crippen molar-refractivity contribution < 1.29 is 9.72 Å². The molecule has 1 aromatic carbocycles. The number of nitrogens with zero attached hydrogens (tertiary/aromatic N) is 1. The summed E-state index contributed by atoms with van der Waals surface area (Å²) in [6.07, 6.45) is 0.258. The number of hydrogen-bond donors (Lipinski definition) is 2. The molecule has 1 amide bonds. The molecule has 0 aliphatic heterocycles. The number of nitro groups is 1. The summed E-state index contributed by atoms with van der Waals surface area (Å²) in [5, 5.41) is 13.4. The minimum atomic E-state index is -0.430. The highest BCUT2D eigenvalue weighted by atomic mass is 35.5. The van der Waals surface area contributed by atoms with Crippen LogP contribution in [0.15, 0.2) is 18.2 Å². The van der Waals surface area contributed by atoms with Crippen LogP contribution in [0.5, 0.6) is 0 Å². The van der Waals surface area contributed by atoms with Crippen molar-refractivity contribution in [2.75, 3.05) is 6.54 Å². The Hall–Kier alpha value is -1.66. The van der Waals surface area contributed by atoms with Crippen LogP contribution >= 0.6 is 12.4 Å². The molecule has 0 saturated heterocycles. The van der Waals surface area contributed by atoms with Gasteiger partial charge < -0.3 is 11.1 Å². The zero-order chi connectivity index (χ0) is 12.8. The summed E-state index contributed by atoms with van der Waals surface area (Å²) in [6.45, 7) is 2.24. The third-order valence-corrected chi connectivity index (χ3v) is 2.46. The highest BCUT2D eigenvalue weighted by Gasteiger charge is 2.13. The second-order valence-electron chi connectivity index (χ2n) is 3.63. The van der Waals surface area contributed by atoms with Gasteiger partial charge in [0.2, 0.25) is 5.91 Å². The van der Waals surface area contributed by atoms with Gasteiger partial charge in [0.1, 0.15) is 0 Å². The Morgan fingerprint density at radius 2 is 2.17 bits per heavy atom. The molecule has 1 rings (SSSR count). The molecule has 0 radical (unpaired) electrons. The molecule has 0 fully saturated rings. The Balaban J connectivity index is 0.00000289. The number of benzene rings is 1. The van der Waals surface area contributed by atoms with Crippen molar-refractivity contribution in [3.63, 3.8) is 0 Å². The van der Waals surface area contributed by atoms with Crippen molar-refractivity contribution in [2.24, 2.45) is 5.73 Å². The van der Waals surface area contributed by atoms with Gasteiger partial charge in [0, 0.05) is 31.1 Å². The van der Waals surface area contributed by atoms with E-state index in [0.29, 0.717) is 12.1 Å². The number of hydrogen-bond acceptors (Lipinski definition) is 4. The number of carbonyl (C=O) groups is 1. The van der Waals surface area contributed by atoms with E-state index in [-0.39, 0.29) is 37.0 Å². The maximum atomic E-state index is 11.2. The topological polar surface area (TPSA) is 98.3 Å². The van der Waals surface area contributed by atoms with Gasteiger partial charge in [-0.2, -0.15) is 0 Å². The molecular formula is C11H16ClN3O3. The molecule has 0 spiro atoms. The number of rotatable bonds is 5. The van der Waals surface area contributed by atoms with Crippen LogP contribution in [0.1, 0.15) is 17.5 Å². The van der Waals surface area contributed by atoms with E-state index in [0.717, 1.165) is 5.56 Å². The van der Waals surface area contributed by atoms with Crippen LogP contribution in [0.3, 0.4) is 0 Å². The van der Waals surface area contributed by atoms with Gasteiger partial charge in [-0.15, -0.1) is 12.4 Å². The van der Waals surface area contributed by atoms with E-state index in [2.05, 4.69) is 5.32 Å². The number of nitrogens with two attached hydrogens (primary N) is 1. The lowest BCUT2D eigenvalue weighted by Crippen LogP contribution is -2.25. The molecule has 6 nitrogen and oxygen atoms in total. The number of nitro benzene ring substituents is 1. The lowest BCUT2D eigenvalue weighted by Gasteiger charge is -2.07. The van der Waals surface area contributed by atoms with E-state index in [4.69, 9.17) is 5.73 Å². The van der Waals surface area contributed by atoms with E-state index in [1.54, 1.807) is 19.1 Å². The smallest absolute Gasteiger partial charge is 0.272 e. The molecule has 0 saturated carbocycles. The molecule has 3 N–H and O–H groups in total. The van der Waals surface area contributed by atoms with Crippen molar-refractivity contribution >= 4 is 24.0 Å². The third kappa shape index (κ3) is 4.31. The zero-order valence-electron chi connectivity index (χ0n) is 10.0. The first-order chi connectivity index (χ1) is 8.06. The normalized spacial score (nSPS) is 9.44. The largest absolute Gasteiger partial charge is 0.352 e. The molecule has 100 valence electrons. The standard InChI is InChI=1S/C11H15N3O3.ClH/c1-8-9(7-13-11(15)5-6-12)3-2-4-10(8)14(16)17;/h2-4H,5-7,12H2,1H3,(H,13,15);1H. The predicted molar refractivity (Wildman–Crippen MR) is 70.6 cm³/mol. The summed E-state index contributed by atoms with van der Waals surface area (Å²) in [5.41, 5.74) is 6.62. The fraction of sp³-hybridized carbons (Fsp3) is 0.364. The fourth-order valence-corrected chi connectivity index (χ4v) is 1.47. The van der Waals surface area contributed by atoms with Crippen molar-refractivity contribution in [1.29, 1.82) is 0 Å². The van der Waals surface area contributed by atoms with E-state index in [1.165, 1.54) is 6.07 Å². The van der Waals surface area contributed by atoms with Gasteiger partial charge in [-0.25, -0.2) is 0 Å². The van der Waals surface area contributed by atoms with Gasteiger partial charge in [-0.05, 0) is 12.5 Å². The predicted octanol–water partition coefficient (Wildman–Crippen LogP) is 1.29. The second kappa shape index (κ2) is 7.62. The first kappa shape index (κ1) is 16.3. The molecule has 1 aromatic rings. The maximum Gasteiger partial charge on any atom is 0.272 e. The Morgan fingerprint density at radius 3 is 2.72 bits per heavy atom. The van der Waals surface area contributed by atoms with E-state index in [1.807, 2.05) is 0 Å². The Kier molecular flexibility index (Phi) is 6.92. The molecule has 0 aromatic heterocycles. The van der Waals surface area contributed by atoms with Crippen molar-refractivity contribution in [3.05, 3.63) is 39.4 Å². The second-order valence-corrected chi connectivity index (χ2v) is 3.63. The minimum Gasteiger partial charge on any atom is -0.352 e. The summed E-state index contributed by atoms with van der Waals surface area (Å²) in [5.74, 6) is -0.154. The average molecular weight is 274 g/mol. The van der Waals surface area contributed by atoms with Crippen molar-refractivity contribution in [2.45, 2.75) is 19.9 Å². The molecule has 7 heteroatoms. The van der Waals surface area contributed by atoms with Crippen LogP contribution < -0.4 is 11.1 Å². The third-order valence-electron chi connectivity index (χ3n) is 2.46. The van der Waals surface area contributed by atoms with Gasteiger partial charge >= 0.3 is 0 Å². The van der Waals surface area contributed by atoms with E-state index in [9.17, 15) is 14.9 Å². The minimum absolute atomic E-state index is 0. The lowest BCUT2D eigenvalue weighted by atomic mass is 10.1. The van der Waals surface area contributed by atoms with Crippen LogP contribution in [0.25, 0.3) is 0 Å². The first-order valence-electron chi connectivity index (χ1n) is 5.26. The average Bonchev–Trinajstić information content (AvgIpc) is 2.27. The fourth-order valence-electron chi connectivity index (χ4n) is 1.47. The first-order valence-corrected chi connectivity index (χ1v) is 5.26. The lowest BCUT2D eigenvalue weighted by molar-refractivity contribution is -0.385.